The van der Waals surface area contributed by atoms with Gasteiger partial charge in [-0.1, -0.05) is 58.0 Å². The summed E-state index contributed by atoms with van der Waals surface area (Å²) in [4.78, 5) is 14.8. The van der Waals surface area contributed by atoms with E-state index in [1.807, 2.05) is 27.7 Å². The molecule has 1 amide bonds. The summed E-state index contributed by atoms with van der Waals surface area (Å²) in [6.07, 6.45) is -4.88. The number of alkyl halides is 3. The number of carbonyl (C=O) groups excluding carboxylic acids is 1. The number of nitrogens with zero attached hydrogens (tertiary/aromatic N) is 1. The van der Waals surface area contributed by atoms with Crippen molar-refractivity contribution in [2.75, 3.05) is 13.1 Å². The number of carbonyl (C=O) groups is 1. The molecule has 7 heteroatoms. The van der Waals surface area contributed by atoms with Crippen molar-refractivity contribution in [3.63, 3.8) is 0 Å². The van der Waals surface area contributed by atoms with Gasteiger partial charge in [0.05, 0.1) is 0 Å². The number of amides is 1. The quantitative estimate of drug-likeness (QED) is 0.541. The van der Waals surface area contributed by atoms with E-state index in [4.69, 9.17) is 4.43 Å². The number of benzene rings is 1. The van der Waals surface area contributed by atoms with Crippen LogP contribution in [0.25, 0.3) is 0 Å². The summed E-state index contributed by atoms with van der Waals surface area (Å²) in [5.74, 6) is -0.936. The highest BCUT2D eigenvalue weighted by atomic mass is 28.4. The minimum absolute atomic E-state index is 0.0429. The summed E-state index contributed by atoms with van der Waals surface area (Å²) in [5.41, 5.74) is -3.15. The lowest BCUT2D eigenvalue weighted by Crippen LogP contribution is -2.61. The molecule has 0 N–H and O–H groups in total. The van der Waals surface area contributed by atoms with Gasteiger partial charge in [-0.15, -0.1) is 0 Å². The predicted molar refractivity (Wildman–Crippen MR) is 105 cm³/mol. The highest BCUT2D eigenvalue weighted by Gasteiger charge is 2.65. The zero-order valence-electron chi connectivity index (χ0n) is 17.4. The van der Waals surface area contributed by atoms with Crippen LogP contribution in [0, 0.1) is 11.8 Å². The van der Waals surface area contributed by atoms with Crippen molar-refractivity contribution in [2.24, 2.45) is 11.8 Å². The monoisotopic (exact) mass is 403 g/mol. The van der Waals surface area contributed by atoms with Crippen molar-refractivity contribution in [2.45, 2.75) is 59.1 Å². The molecule has 0 saturated heterocycles. The predicted octanol–water partition coefficient (Wildman–Crippen LogP) is 5.44. The van der Waals surface area contributed by atoms with Crippen molar-refractivity contribution < 1.29 is 22.4 Å². The molecule has 0 aliphatic heterocycles. The Hall–Kier alpha value is -1.34. The van der Waals surface area contributed by atoms with Crippen LogP contribution in [-0.2, 0) is 14.8 Å². The lowest BCUT2D eigenvalue weighted by molar-refractivity contribution is -0.255. The third-order valence-corrected chi connectivity index (χ3v) is 4.72. The first-order valence-corrected chi connectivity index (χ1v) is 12.7. The Morgan fingerprint density at radius 1 is 1.00 bits per heavy atom. The second-order valence-electron chi connectivity index (χ2n) is 8.76. The Kier molecular flexibility index (Phi) is 7.70. The minimum Gasteiger partial charge on any atom is -0.393 e. The molecule has 0 aliphatic rings. The number of rotatable bonds is 8. The molecular weight excluding hydrogens is 371 g/mol. The average molecular weight is 404 g/mol. The van der Waals surface area contributed by atoms with Crippen LogP contribution in [0.5, 0.6) is 0 Å². The largest absolute Gasteiger partial charge is 0.430 e. The summed E-state index contributed by atoms with van der Waals surface area (Å²) in [6, 6.07) is 7.30. The van der Waals surface area contributed by atoms with Gasteiger partial charge >= 0.3 is 6.18 Å². The standard InChI is InChI=1S/C20H32F3NO2Si/c1-15(2)13-24(14-16(3)4)18(25)19(20(21,22)23,26-27(5,6)7)17-11-9-8-10-12-17/h8-12,15-16H,13-14H2,1-7H3. The Balaban J connectivity index is 3.65. The highest BCUT2D eigenvalue weighted by Crippen LogP contribution is 2.45. The first kappa shape index (κ1) is 23.7. The molecule has 0 fully saturated rings. The number of hydrogen-bond donors (Lipinski definition) is 0. The van der Waals surface area contributed by atoms with Crippen molar-refractivity contribution in [3.05, 3.63) is 35.9 Å². The van der Waals surface area contributed by atoms with Crippen molar-refractivity contribution in [1.82, 2.24) is 4.90 Å². The molecule has 0 saturated carbocycles. The fourth-order valence-corrected chi connectivity index (χ4v) is 4.28. The van der Waals surface area contributed by atoms with Gasteiger partial charge < -0.3 is 9.33 Å². The number of halogens is 3. The van der Waals surface area contributed by atoms with Gasteiger partial charge in [0.15, 0.2) is 8.32 Å². The summed E-state index contributed by atoms with van der Waals surface area (Å²) in [7, 11) is -2.74. The van der Waals surface area contributed by atoms with Gasteiger partial charge in [0.25, 0.3) is 11.5 Å². The molecular formula is C20H32F3NO2Si. The van der Waals surface area contributed by atoms with Gasteiger partial charge in [-0.2, -0.15) is 13.2 Å². The Bertz CT molecular complexity index is 602. The molecule has 1 rings (SSSR count). The zero-order chi connectivity index (χ0) is 21.0. The van der Waals surface area contributed by atoms with Crippen LogP contribution in [-0.4, -0.2) is 38.4 Å². The summed E-state index contributed by atoms with van der Waals surface area (Å²) >= 11 is 0. The molecule has 0 spiro atoms. The maximum atomic E-state index is 14.5. The van der Waals surface area contributed by atoms with E-state index in [-0.39, 0.29) is 30.5 Å². The lowest BCUT2D eigenvalue weighted by atomic mass is 9.90. The average Bonchev–Trinajstić information content (AvgIpc) is 2.49. The maximum absolute atomic E-state index is 14.5. The SMILES string of the molecule is CC(C)CN(CC(C)C)C(=O)C(O[Si](C)(C)C)(c1ccccc1)C(F)(F)F. The number of hydrogen-bond acceptors (Lipinski definition) is 2. The first-order chi connectivity index (χ1) is 12.2. The second-order valence-corrected chi connectivity index (χ2v) is 13.2. The van der Waals surface area contributed by atoms with Crippen LogP contribution in [0.1, 0.15) is 33.3 Å². The lowest BCUT2D eigenvalue weighted by Gasteiger charge is -2.43. The van der Waals surface area contributed by atoms with Crippen LogP contribution in [0.3, 0.4) is 0 Å². The van der Waals surface area contributed by atoms with Gasteiger partial charge in [-0.05, 0) is 31.5 Å². The van der Waals surface area contributed by atoms with E-state index in [2.05, 4.69) is 0 Å². The molecule has 1 unspecified atom stereocenters. The topological polar surface area (TPSA) is 29.5 Å². The Morgan fingerprint density at radius 3 is 1.78 bits per heavy atom. The molecule has 27 heavy (non-hydrogen) atoms. The third-order valence-electron chi connectivity index (χ3n) is 3.80. The maximum Gasteiger partial charge on any atom is 0.430 e. The molecule has 0 bridgehead atoms. The summed E-state index contributed by atoms with van der Waals surface area (Å²) < 4.78 is 49.3. The summed E-state index contributed by atoms with van der Waals surface area (Å²) in [5, 5.41) is 0. The zero-order valence-corrected chi connectivity index (χ0v) is 18.4. The van der Waals surface area contributed by atoms with E-state index >= 15 is 0 Å². The van der Waals surface area contributed by atoms with Gasteiger partial charge in [0, 0.05) is 18.7 Å². The molecule has 154 valence electrons. The summed E-state index contributed by atoms with van der Waals surface area (Å²) in [6.45, 7) is 13.0. The normalized spacial score (nSPS) is 15.1. The second kappa shape index (κ2) is 8.77. The van der Waals surface area contributed by atoms with Crippen LogP contribution >= 0.6 is 0 Å². The van der Waals surface area contributed by atoms with E-state index in [0.717, 1.165) is 0 Å². The third kappa shape index (κ3) is 6.07. The van der Waals surface area contributed by atoms with E-state index in [1.165, 1.54) is 29.2 Å². The van der Waals surface area contributed by atoms with E-state index in [1.54, 1.807) is 25.7 Å². The molecule has 1 atom stereocenters. The van der Waals surface area contributed by atoms with Crippen LogP contribution < -0.4 is 0 Å². The van der Waals surface area contributed by atoms with Gasteiger partial charge in [-0.25, -0.2) is 0 Å². The van der Waals surface area contributed by atoms with Gasteiger partial charge in [-0.3, -0.25) is 4.79 Å². The van der Waals surface area contributed by atoms with Crippen molar-refractivity contribution in [3.8, 4) is 0 Å². The molecule has 3 nitrogen and oxygen atoms in total. The molecule has 0 heterocycles. The van der Waals surface area contributed by atoms with Gasteiger partial charge in [0.2, 0.25) is 0 Å². The molecule has 0 radical (unpaired) electrons. The van der Waals surface area contributed by atoms with E-state index < -0.39 is 26.0 Å². The van der Waals surface area contributed by atoms with Crippen LogP contribution in [0.4, 0.5) is 13.2 Å². The smallest absolute Gasteiger partial charge is 0.393 e. The fraction of sp³-hybridized carbons (Fsp3) is 0.650. The Labute approximate surface area is 162 Å². The van der Waals surface area contributed by atoms with Crippen LogP contribution in [0.2, 0.25) is 19.6 Å². The van der Waals surface area contributed by atoms with E-state index in [9.17, 15) is 18.0 Å². The van der Waals surface area contributed by atoms with E-state index in [0.29, 0.717) is 0 Å². The fourth-order valence-electron chi connectivity index (χ4n) is 3.05. The molecule has 1 aromatic rings. The minimum atomic E-state index is -4.88. The highest BCUT2D eigenvalue weighted by molar-refractivity contribution is 6.70. The first-order valence-electron chi connectivity index (χ1n) is 9.32. The molecule has 0 aromatic heterocycles. The van der Waals surface area contributed by atoms with Crippen molar-refractivity contribution in [1.29, 1.82) is 0 Å². The van der Waals surface area contributed by atoms with Crippen molar-refractivity contribution >= 4 is 14.2 Å². The molecule has 1 aromatic carbocycles. The molecule has 0 aliphatic carbocycles. The Morgan fingerprint density at radius 2 is 1.44 bits per heavy atom. The van der Waals surface area contributed by atoms with Gasteiger partial charge in [0.1, 0.15) is 0 Å². The van der Waals surface area contributed by atoms with Crippen LogP contribution in [0.15, 0.2) is 30.3 Å².